The van der Waals surface area contributed by atoms with Crippen LogP contribution in [0.1, 0.15) is 35.7 Å². The van der Waals surface area contributed by atoms with Crippen LogP contribution in [0, 0.1) is 12.8 Å². The third-order valence-electron chi connectivity index (χ3n) is 4.93. The van der Waals surface area contributed by atoms with Crippen LogP contribution in [-0.4, -0.2) is 34.9 Å². The van der Waals surface area contributed by atoms with Crippen molar-refractivity contribution >= 4 is 23.3 Å². The van der Waals surface area contributed by atoms with E-state index in [1.165, 1.54) is 11.1 Å². The van der Waals surface area contributed by atoms with Gasteiger partial charge < -0.3 is 5.32 Å². The van der Waals surface area contributed by atoms with Crippen molar-refractivity contribution < 1.29 is 4.79 Å². The van der Waals surface area contributed by atoms with Gasteiger partial charge in [0.2, 0.25) is 5.91 Å². The van der Waals surface area contributed by atoms with Gasteiger partial charge in [-0.2, -0.15) is 0 Å². The molecule has 26 heavy (non-hydrogen) atoms. The number of amides is 1. The number of rotatable bonds is 6. The van der Waals surface area contributed by atoms with Gasteiger partial charge in [0.15, 0.2) is 0 Å². The molecule has 138 valence electrons. The Kier molecular flexibility index (Phi) is 6.22. The molecule has 0 radical (unpaired) electrons. The Morgan fingerprint density at radius 3 is 2.81 bits per heavy atom. The number of hydrogen-bond donors (Lipinski definition) is 1. The Balaban J connectivity index is 1.57. The number of benzene rings is 1. The fourth-order valence-electron chi connectivity index (χ4n) is 3.47. The summed E-state index contributed by atoms with van der Waals surface area (Å²) in [6.45, 7) is 9.09. The highest BCUT2D eigenvalue weighted by molar-refractivity contribution is 7.09. The van der Waals surface area contributed by atoms with E-state index in [0.717, 1.165) is 30.2 Å². The van der Waals surface area contributed by atoms with Crippen LogP contribution in [0.25, 0.3) is 6.08 Å². The molecule has 0 bridgehead atoms. The van der Waals surface area contributed by atoms with E-state index in [4.69, 9.17) is 0 Å². The van der Waals surface area contributed by atoms with Crippen LogP contribution in [0.2, 0.25) is 0 Å². The van der Waals surface area contributed by atoms with Gasteiger partial charge in [0.25, 0.3) is 0 Å². The van der Waals surface area contributed by atoms with Crippen molar-refractivity contribution in [3.63, 3.8) is 0 Å². The maximum Gasteiger partial charge on any atom is 0.244 e. The number of aryl methyl sites for hydroxylation is 1. The van der Waals surface area contributed by atoms with Crippen LogP contribution in [0.3, 0.4) is 0 Å². The zero-order valence-corrected chi connectivity index (χ0v) is 16.6. The number of thiazole rings is 1. The monoisotopic (exact) mass is 369 g/mol. The molecule has 1 unspecified atom stereocenters. The van der Waals surface area contributed by atoms with Crippen LogP contribution in [-0.2, 0) is 17.8 Å². The van der Waals surface area contributed by atoms with E-state index >= 15 is 0 Å². The molecule has 3 rings (SSSR count). The van der Waals surface area contributed by atoms with Crippen molar-refractivity contribution in [1.82, 2.24) is 15.2 Å². The van der Waals surface area contributed by atoms with Crippen molar-refractivity contribution in [3.8, 4) is 0 Å². The Morgan fingerprint density at radius 1 is 1.35 bits per heavy atom. The van der Waals surface area contributed by atoms with Crippen LogP contribution < -0.4 is 5.32 Å². The van der Waals surface area contributed by atoms with Gasteiger partial charge in [0, 0.05) is 37.1 Å². The lowest BCUT2D eigenvalue weighted by Gasteiger charge is -2.37. The predicted octanol–water partition coefficient (Wildman–Crippen LogP) is 3.66. The summed E-state index contributed by atoms with van der Waals surface area (Å²) in [5, 5.41) is 6.04. The van der Waals surface area contributed by atoms with Gasteiger partial charge in [-0.15, -0.1) is 11.3 Å². The normalized spacial score (nSPS) is 16.0. The van der Waals surface area contributed by atoms with Crippen LogP contribution >= 0.6 is 11.3 Å². The molecule has 5 heteroatoms. The molecule has 0 spiro atoms. The SMILES string of the molecule is Cc1nc(C=CC(=O)NCC(C(C)C)N2CCc3ccccc3C2)cs1. The Hall–Kier alpha value is -1.98. The third kappa shape index (κ3) is 4.80. The lowest BCUT2D eigenvalue weighted by molar-refractivity contribution is -0.116. The third-order valence-corrected chi connectivity index (χ3v) is 5.72. The molecule has 1 aliphatic heterocycles. The highest BCUT2D eigenvalue weighted by Gasteiger charge is 2.25. The molecule has 0 saturated carbocycles. The van der Waals surface area contributed by atoms with Gasteiger partial charge >= 0.3 is 0 Å². The van der Waals surface area contributed by atoms with Crippen molar-refractivity contribution in [3.05, 3.63) is 57.6 Å². The van der Waals surface area contributed by atoms with E-state index in [-0.39, 0.29) is 5.91 Å². The summed E-state index contributed by atoms with van der Waals surface area (Å²) in [7, 11) is 0. The number of hydrogen-bond acceptors (Lipinski definition) is 4. The largest absolute Gasteiger partial charge is 0.351 e. The molecule has 0 fully saturated rings. The minimum atomic E-state index is -0.0567. The van der Waals surface area contributed by atoms with Crippen LogP contribution in [0.4, 0.5) is 0 Å². The first kappa shape index (κ1) is 18.8. The second kappa shape index (κ2) is 8.60. The fourth-order valence-corrected chi connectivity index (χ4v) is 4.05. The fraction of sp³-hybridized carbons (Fsp3) is 0.429. The van der Waals surface area contributed by atoms with E-state index in [0.29, 0.717) is 18.5 Å². The number of nitrogens with one attached hydrogen (secondary N) is 1. The summed E-state index contributed by atoms with van der Waals surface area (Å²) in [5.41, 5.74) is 3.71. The Labute approximate surface area is 160 Å². The second-order valence-electron chi connectivity index (χ2n) is 7.17. The lowest BCUT2D eigenvalue weighted by Crippen LogP contribution is -2.48. The Morgan fingerprint density at radius 2 is 2.12 bits per heavy atom. The van der Waals surface area contributed by atoms with E-state index in [1.54, 1.807) is 23.5 Å². The Bertz CT molecular complexity index is 781. The summed E-state index contributed by atoms with van der Waals surface area (Å²) in [6.07, 6.45) is 4.44. The van der Waals surface area contributed by atoms with Gasteiger partial charge in [-0.05, 0) is 36.5 Å². The van der Waals surface area contributed by atoms with E-state index in [9.17, 15) is 4.79 Å². The van der Waals surface area contributed by atoms with Gasteiger partial charge in [-0.3, -0.25) is 9.69 Å². The van der Waals surface area contributed by atoms with E-state index in [2.05, 4.69) is 53.3 Å². The maximum absolute atomic E-state index is 12.2. The van der Waals surface area contributed by atoms with Gasteiger partial charge in [0.05, 0.1) is 10.7 Å². The summed E-state index contributed by atoms with van der Waals surface area (Å²) in [4.78, 5) is 19.0. The van der Waals surface area contributed by atoms with E-state index < -0.39 is 0 Å². The standard InChI is InChI=1S/C21H27N3OS/c1-15(2)20(24-11-10-17-6-4-5-7-18(17)13-24)12-22-21(25)9-8-19-14-26-16(3)23-19/h4-9,14-15,20H,10-13H2,1-3H3,(H,22,25). The van der Waals surface area contributed by atoms with Crippen molar-refractivity contribution in [2.75, 3.05) is 13.1 Å². The molecule has 1 N–H and O–H groups in total. The van der Waals surface area contributed by atoms with Crippen LogP contribution in [0.15, 0.2) is 35.7 Å². The minimum Gasteiger partial charge on any atom is -0.351 e. The smallest absolute Gasteiger partial charge is 0.244 e. The maximum atomic E-state index is 12.2. The van der Waals surface area contributed by atoms with Crippen LogP contribution in [0.5, 0.6) is 0 Å². The molecule has 1 aromatic carbocycles. The average Bonchev–Trinajstić information content (AvgIpc) is 3.05. The molecular formula is C21H27N3OS. The number of aromatic nitrogens is 1. The highest BCUT2D eigenvalue weighted by atomic mass is 32.1. The molecule has 1 aromatic heterocycles. The summed E-state index contributed by atoms with van der Waals surface area (Å²) in [5.74, 6) is 0.421. The molecule has 0 aliphatic carbocycles. The minimum absolute atomic E-state index is 0.0567. The lowest BCUT2D eigenvalue weighted by atomic mass is 9.95. The van der Waals surface area contributed by atoms with Gasteiger partial charge in [-0.1, -0.05) is 38.1 Å². The zero-order chi connectivity index (χ0) is 18.5. The number of fused-ring (bicyclic) bond motifs is 1. The van der Waals surface area contributed by atoms with Gasteiger partial charge in [0.1, 0.15) is 0 Å². The zero-order valence-electron chi connectivity index (χ0n) is 15.7. The molecule has 1 amide bonds. The number of carbonyl (C=O) groups is 1. The average molecular weight is 370 g/mol. The molecular weight excluding hydrogens is 342 g/mol. The number of carbonyl (C=O) groups excluding carboxylic acids is 1. The first-order valence-electron chi connectivity index (χ1n) is 9.22. The van der Waals surface area contributed by atoms with E-state index in [1.807, 2.05) is 12.3 Å². The molecule has 2 heterocycles. The molecule has 1 atom stereocenters. The molecule has 2 aromatic rings. The van der Waals surface area contributed by atoms with Crippen molar-refractivity contribution in [2.24, 2.45) is 5.92 Å². The quantitative estimate of drug-likeness (QED) is 0.791. The first-order chi connectivity index (χ1) is 12.5. The first-order valence-corrected chi connectivity index (χ1v) is 10.1. The molecule has 4 nitrogen and oxygen atoms in total. The van der Waals surface area contributed by atoms with Gasteiger partial charge in [-0.25, -0.2) is 4.98 Å². The van der Waals surface area contributed by atoms with Crippen molar-refractivity contribution in [1.29, 1.82) is 0 Å². The predicted molar refractivity (Wildman–Crippen MR) is 108 cm³/mol. The summed E-state index contributed by atoms with van der Waals surface area (Å²) in [6, 6.07) is 9.01. The highest BCUT2D eigenvalue weighted by Crippen LogP contribution is 2.22. The summed E-state index contributed by atoms with van der Waals surface area (Å²) < 4.78 is 0. The number of nitrogens with zero attached hydrogens (tertiary/aromatic N) is 2. The summed E-state index contributed by atoms with van der Waals surface area (Å²) >= 11 is 1.59. The molecule has 0 saturated heterocycles. The topological polar surface area (TPSA) is 45.2 Å². The van der Waals surface area contributed by atoms with Crippen molar-refractivity contribution in [2.45, 2.75) is 39.8 Å². The molecule has 1 aliphatic rings. The second-order valence-corrected chi connectivity index (χ2v) is 8.23.